The summed E-state index contributed by atoms with van der Waals surface area (Å²) in [7, 11) is 0. The molecular formula is C11H12N2O2. The van der Waals surface area contributed by atoms with Crippen molar-refractivity contribution in [1.29, 1.82) is 0 Å². The van der Waals surface area contributed by atoms with Crippen LogP contribution in [-0.2, 0) is 4.79 Å². The third-order valence-electron chi connectivity index (χ3n) is 2.09. The van der Waals surface area contributed by atoms with E-state index in [2.05, 4.69) is 0 Å². The summed E-state index contributed by atoms with van der Waals surface area (Å²) in [6.07, 6.45) is 3.91. The normalized spacial score (nSPS) is 15.2. The highest BCUT2D eigenvalue weighted by molar-refractivity contribution is 5.75. The minimum Gasteiger partial charge on any atom is -0.405 e. The molecule has 4 heteroatoms. The van der Waals surface area contributed by atoms with Gasteiger partial charge in [0, 0.05) is 5.56 Å². The van der Waals surface area contributed by atoms with E-state index < -0.39 is 5.91 Å². The van der Waals surface area contributed by atoms with Crippen molar-refractivity contribution in [3.8, 4) is 5.75 Å². The third kappa shape index (κ3) is 2.35. The largest absolute Gasteiger partial charge is 0.405 e. The fraction of sp³-hybridized carbons (Fsp3) is 0.182. The Balaban J connectivity index is 2.19. The molecule has 0 aromatic heterocycles. The highest BCUT2D eigenvalue weighted by atomic mass is 16.7. The van der Waals surface area contributed by atoms with Crippen molar-refractivity contribution in [2.24, 2.45) is 5.73 Å². The fourth-order valence-electron chi connectivity index (χ4n) is 1.45. The predicted octanol–water partition coefficient (Wildman–Crippen LogP) is 0.794. The second kappa shape index (κ2) is 4.14. The Bertz CT molecular complexity index is 401. The van der Waals surface area contributed by atoms with E-state index in [9.17, 15) is 4.79 Å². The van der Waals surface area contributed by atoms with Gasteiger partial charge in [0.25, 0.3) is 0 Å². The van der Waals surface area contributed by atoms with E-state index in [-0.39, 0.29) is 6.54 Å². The van der Waals surface area contributed by atoms with E-state index in [1.54, 1.807) is 0 Å². The second-order valence-corrected chi connectivity index (χ2v) is 3.32. The summed E-state index contributed by atoms with van der Waals surface area (Å²) in [6, 6.07) is 7.65. The predicted molar refractivity (Wildman–Crippen MR) is 56.9 cm³/mol. The Labute approximate surface area is 87.9 Å². The van der Waals surface area contributed by atoms with Gasteiger partial charge < -0.3 is 10.6 Å². The minimum absolute atomic E-state index is 0.0959. The number of carbonyl (C=O) groups is 1. The summed E-state index contributed by atoms with van der Waals surface area (Å²) in [5.41, 5.74) is 6.11. The standard InChI is InChI=1S/C11H12N2O2/c12-11(14)8-13-7-3-5-9-4-1-2-6-10(9)15-13/h1-6H,7-8H2,(H2,12,14). The molecule has 1 amide bonds. The summed E-state index contributed by atoms with van der Waals surface area (Å²) in [6.45, 7) is 0.649. The van der Waals surface area contributed by atoms with Crippen LogP contribution in [0.2, 0.25) is 0 Å². The zero-order chi connectivity index (χ0) is 10.7. The maximum atomic E-state index is 10.8. The quantitative estimate of drug-likeness (QED) is 0.775. The lowest BCUT2D eigenvalue weighted by atomic mass is 10.2. The number of hydroxylamine groups is 2. The summed E-state index contributed by atoms with van der Waals surface area (Å²) in [4.78, 5) is 16.3. The number of amides is 1. The van der Waals surface area contributed by atoms with Crippen LogP contribution in [0, 0.1) is 0 Å². The molecule has 1 aromatic rings. The van der Waals surface area contributed by atoms with Gasteiger partial charge >= 0.3 is 0 Å². The molecule has 2 N–H and O–H groups in total. The van der Waals surface area contributed by atoms with E-state index >= 15 is 0 Å². The second-order valence-electron chi connectivity index (χ2n) is 3.32. The van der Waals surface area contributed by atoms with Crippen molar-refractivity contribution in [3.63, 3.8) is 0 Å². The first-order valence-electron chi connectivity index (χ1n) is 4.72. The van der Waals surface area contributed by atoms with Gasteiger partial charge in [0.05, 0.1) is 6.54 Å². The molecule has 0 fully saturated rings. The van der Waals surface area contributed by atoms with Crippen LogP contribution in [0.4, 0.5) is 0 Å². The number of fused-ring (bicyclic) bond motifs is 1. The first kappa shape index (κ1) is 9.73. The highest BCUT2D eigenvalue weighted by Crippen LogP contribution is 2.22. The molecule has 0 bridgehead atoms. The molecule has 2 rings (SSSR count). The lowest BCUT2D eigenvalue weighted by Crippen LogP contribution is -2.36. The SMILES string of the molecule is NC(=O)CN1CC=Cc2ccccc2O1. The van der Waals surface area contributed by atoms with Crippen LogP contribution in [0.15, 0.2) is 30.3 Å². The van der Waals surface area contributed by atoms with Crippen LogP contribution in [0.5, 0.6) is 5.75 Å². The Morgan fingerprint density at radius 1 is 1.47 bits per heavy atom. The van der Waals surface area contributed by atoms with Crippen LogP contribution in [0.3, 0.4) is 0 Å². The molecular weight excluding hydrogens is 192 g/mol. The van der Waals surface area contributed by atoms with Crippen molar-refractivity contribution in [2.75, 3.05) is 13.1 Å². The van der Waals surface area contributed by atoms with Gasteiger partial charge in [-0.25, -0.2) is 0 Å². The summed E-state index contributed by atoms with van der Waals surface area (Å²) in [5.74, 6) is 0.343. The first-order chi connectivity index (χ1) is 7.25. The number of nitrogens with zero attached hydrogens (tertiary/aromatic N) is 1. The van der Waals surface area contributed by atoms with Crippen LogP contribution in [0.25, 0.3) is 6.08 Å². The molecule has 1 aromatic carbocycles. The lowest BCUT2D eigenvalue weighted by Gasteiger charge is -2.18. The smallest absolute Gasteiger partial charge is 0.235 e. The summed E-state index contributed by atoms with van der Waals surface area (Å²) < 4.78 is 0. The van der Waals surface area contributed by atoms with Crippen molar-refractivity contribution < 1.29 is 9.63 Å². The molecule has 1 aliphatic heterocycles. The molecule has 0 saturated carbocycles. The van der Waals surface area contributed by atoms with E-state index in [0.29, 0.717) is 6.54 Å². The molecule has 1 aliphatic rings. The Morgan fingerprint density at radius 3 is 3.07 bits per heavy atom. The third-order valence-corrected chi connectivity index (χ3v) is 2.09. The van der Waals surface area contributed by atoms with Gasteiger partial charge in [0.15, 0.2) is 5.75 Å². The number of benzene rings is 1. The lowest BCUT2D eigenvalue weighted by molar-refractivity contribution is -0.127. The highest BCUT2D eigenvalue weighted by Gasteiger charge is 2.13. The summed E-state index contributed by atoms with van der Waals surface area (Å²) >= 11 is 0. The molecule has 0 radical (unpaired) electrons. The Kier molecular flexibility index (Phi) is 2.69. The number of nitrogens with two attached hydrogens (primary N) is 1. The van der Waals surface area contributed by atoms with Gasteiger partial charge in [0.1, 0.15) is 6.54 Å². The number of carbonyl (C=O) groups excluding carboxylic acids is 1. The van der Waals surface area contributed by atoms with Gasteiger partial charge in [-0.15, -0.1) is 5.06 Å². The molecule has 0 unspecified atom stereocenters. The average molecular weight is 204 g/mol. The van der Waals surface area contributed by atoms with Crippen molar-refractivity contribution in [1.82, 2.24) is 5.06 Å². The molecule has 4 nitrogen and oxygen atoms in total. The number of primary amides is 1. The molecule has 0 atom stereocenters. The molecule has 78 valence electrons. The fourth-order valence-corrected chi connectivity index (χ4v) is 1.45. The van der Waals surface area contributed by atoms with E-state index in [0.717, 1.165) is 11.3 Å². The molecule has 15 heavy (non-hydrogen) atoms. The number of hydrogen-bond acceptors (Lipinski definition) is 3. The molecule has 0 saturated heterocycles. The minimum atomic E-state index is -0.400. The van der Waals surface area contributed by atoms with E-state index in [1.807, 2.05) is 36.4 Å². The van der Waals surface area contributed by atoms with Crippen LogP contribution in [-0.4, -0.2) is 24.1 Å². The van der Waals surface area contributed by atoms with Gasteiger partial charge in [-0.05, 0) is 6.07 Å². The van der Waals surface area contributed by atoms with Gasteiger partial charge in [-0.3, -0.25) is 4.79 Å². The number of hydrogen-bond donors (Lipinski definition) is 1. The number of rotatable bonds is 2. The Hall–Kier alpha value is -1.81. The topological polar surface area (TPSA) is 55.6 Å². The van der Waals surface area contributed by atoms with Gasteiger partial charge in [-0.1, -0.05) is 30.4 Å². The summed E-state index contributed by atoms with van der Waals surface area (Å²) in [5, 5.41) is 1.53. The monoisotopic (exact) mass is 204 g/mol. The van der Waals surface area contributed by atoms with Crippen LogP contribution >= 0.6 is 0 Å². The van der Waals surface area contributed by atoms with Crippen LogP contribution in [0.1, 0.15) is 5.56 Å². The Morgan fingerprint density at radius 2 is 2.27 bits per heavy atom. The first-order valence-corrected chi connectivity index (χ1v) is 4.72. The average Bonchev–Trinajstić information content (AvgIpc) is 2.38. The molecule has 0 spiro atoms. The molecule has 1 heterocycles. The van der Waals surface area contributed by atoms with Crippen molar-refractivity contribution in [2.45, 2.75) is 0 Å². The number of para-hydroxylation sites is 1. The van der Waals surface area contributed by atoms with Crippen molar-refractivity contribution >= 4 is 12.0 Å². The maximum Gasteiger partial charge on any atom is 0.235 e. The zero-order valence-corrected chi connectivity index (χ0v) is 8.22. The van der Waals surface area contributed by atoms with Gasteiger partial charge in [0.2, 0.25) is 5.91 Å². The maximum absolute atomic E-state index is 10.8. The van der Waals surface area contributed by atoms with Gasteiger partial charge in [-0.2, -0.15) is 0 Å². The van der Waals surface area contributed by atoms with Crippen LogP contribution < -0.4 is 10.6 Å². The zero-order valence-electron chi connectivity index (χ0n) is 8.22. The van der Waals surface area contributed by atoms with E-state index in [1.165, 1.54) is 5.06 Å². The van der Waals surface area contributed by atoms with E-state index in [4.69, 9.17) is 10.6 Å². The van der Waals surface area contributed by atoms with Crippen molar-refractivity contribution in [3.05, 3.63) is 35.9 Å². The molecule has 0 aliphatic carbocycles.